The summed E-state index contributed by atoms with van der Waals surface area (Å²) in [5, 5.41) is 11.0. The minimum Gasteiger partial charge on any atom is -0.268 e. The molecule has 0 spiro atoms. The van der Waals surface area contributed by atoms with Gasteiger partial charge in [-0.25, -0.2) is 15.0 Å². The monoisotopic (exact) mass is 1500 g/mol. The van der Waals surface area contributed by atoms with Gasteiger partial charge in [-0.05, 0) is 151 Å². The van der Waals surface area contributed by atoms with E-state index in [2.05, 4.69) is 175 Å². The summed E-state index contributed by atoms with van der Waals surface area (Å²) in [5.74, 6) is 0. The zero-order chi connectivity index (χ0) is 68.4. The molecule has 15 aromatic carbocycles. The average molecular weight is 1500 g/mol. The van der Waals surface area contributed by atoms with E-state index in [-0.39, 0.29) is 16.7 Å². The van der Waals surface area contributed by atoms with Crippen molar-refractivity contribution in [3.63, 3.8) is 0 Å². The molecule has 0 aliphatic rings. The number of nitrogens with zero attached hydrogens (tertiary/aromatic N) is 6. The zero-order valence-electron chi connectivity index (χ0n) is 54.0. The van der Waals surface area contributed by atoms with Crippen molar-refractivity contribution in [3.8, 4) is 66.8 Å². The van der Waals surface area contributed by atoms with E-state index in [1.54, 1.807) is 13.2 Å². The lowest BCUT2D eigenvalue weighted by molar-refractivity contribution is 1.19. The Morgan fingerprint density at radius 3 is 0.931 bits per heavy atom. The van der Waals surface area contributed by atoms with Crippen LogP contribution in [0.4, 0.5) is 0 Å². The Morgan fingerprint density at radius 1 is 0.235 bits per heavy atom. The molecule has 102 heavy (non-hydrogen) atoms. The average Bonchev–Trinajstić information content (AvgIpc) is 1.53. The van der Waals surface area contributed by atoms with Crippen LogP contribution in [0.25, 0.3) is 181 Å². The van der Waals surface area contributed by atoms with Gasteiger partial charge >= 0.3 is 0 Å². The van der Waals surface area contributed by atoms with E-state index in [9.17, 15) is 14.4 Å². The van der Waals surface area contributed by atoms with Crippen molar-refractivity contribution in [2.24, 2.45) is 0 Å². The maximum Gasteiger partial charge on any atom is 0.264 e. The van der Waals surface area contributed by atoms with Crippen LogP contribution in [0, 0.1) is 0 Å². The van der Waals surface area contributed by atoms with E-state index >= 15 is 0 Å². The maximum atomic E-state index is 13.9. The number of imidazole rings is 3. The Hall–Kier alpha value is -12.1. The van der Waals surface area contributed by atoms with Gasteiger partial charge in [-0.3, -0.25) is 27.6 Å². The molecule has 0 bridgehead atoms. The highest BCUT2D eigenvalue weighted by atomic mass is 79.9. The van der Waals surface area contributed by atoms with E-state index in [1.807, 2.05) is 182 Å². The molecule has 9 nitrogen and oxygen atoms in total. The molecular formula is C90H51Br3N6O3. The van der Waals surface area contributed by atoms with Crippen LogP contribution >= 0.6 is 47.8 Å². The predicted octanol–water partition coefficient (Wildman–Crippen LogP) is 23.1. The van der Waals surface area contributed by atoms with Crippen molar-refractivity contribution < 1.29 is 0 Å². The van der Waals surface area contributed by atoms with Crippen LogP contribution < -0.4 is 16.7 Å². The maximum absolute atomic E-state index is 13.9. The van der Waals surface area contributed by atoms with E-state index < -0.39 is 0 Å². The summed E-state index contributed by atoms with van der Waals surface area (Å²) in [7, 11) is 0. The fraction of sp³-hybridized carbons (Fsp3) is 0. The molecule has 0 N–H and O–H groups in total. The number of hydrogen-bond donors (Lipinski definition) is 0. The van der Waals surface area contributed by atoms with Crippen molar-refractivity contribution in [3.05, 3.63) is 354 Å². The molecule has 0 saturated heterocycles. The molecule has 0 aliphatic carbocycles. The molecule has 0 fully saturated rings. The van der Waals surface area contributed by atoms with Crippen LogP contribution in [0.3, 0.4) is 0 Å². The second-order valence-electron chi connectivity index (χ2n) is 25.6. The quantitative estimate of drug-likeness (QED) is 0.164. The third-order valence-corrected chi connectivity index (χ3v) is 21.9. The van der Waals surface area contributed by atoms with Crippen LogP contribution in [0.5, 0.6) is 0 Å². The number of hydrogen-bond acceptors (Lipinski definition) is 6. The topological polar surface area (TPSA) is 103 Å². The highest BCUT2D eigenvalue weighted by molar-refractivity contribution is 9.11. The summed E-state index contributed by atoms with van der Waals surface area (Å²) in [6.07, 6.45) is 0. The molecule has 0 unspecified atom stereocenters. The molecule has 21 aromatic rings. The van der Waals surface area contributed by atoms with Gasteiger partial charge < -0.3 is 0 Å². The van der Waals surface area contributed by atoms with Crippen molar-refractivity contribution in [2.45, 2.75) is 0 Å². The van der Waals surface area contributed by atoms with Crippen molar-refractivity contribution in [1.82, 2.24) is 28.2 Å². The molecule has 6 aromatic heterocycles. The molecule has 12 heteroatoms. The fourth-order valence-corrected chi connectivity index (χ4v) is 16.6. The molecule has 0 amide bonds. The van der Waals surface area contributed by atoms with Gasteiger partial charge in [0.1, 0.15) is 16.9 Å². The number of pyridine rings is 3. The molecule has 0 radical (unpaired) electrons. The van der Waals surface area contributed by atoms with Gasteiger partial charge in [0.05, 0.1) is 33.1 Å². The summed E-state index contributed by atoms with van der Waals surface area (Å²) < 4.78 is 8.31. The van der Waals surface area contributed by atoms with Gasteiger partial charge in [0.25, 0.3) is 16.7 Å². The summed E-state index contributed by atoms with van der Waals surface area (Å²) in [6.45, 7) is 0. The van der Waals surface area contributed by atoms with Gasteiger partial charge in [-0.15, -0.1) is 0 Å². The van der Waals surface area contributed by atoms with Crippen molar-refractivity contribution >= 4 is 162 Å². The van der Waals surface area contributed by atoms with Crippen LogP contribution in [-0.4, -0.2) is 28.2 Å². The Balaban J connectivity index is 0.000000106. The smallest absolute Gasteiger partial charge is 0.264 e. The van der Waals surface area contributed by atoms with E-state index in [0.717, 1.165) is 162 Å². The fourth-order valence-electron chi connectivity index (χ4n) is 15.2. The van der Waals surface area contributed by atoms with Gasteiger partial charge in [-0.2, -0.15) is 0 Å². The van der Waals surface area contributed by atoms with Crippen LogP contribution in [0.2, 0.25) is 0 Å². The minimum atomic E-state index is -0.0436. The molecule has 6 heterocycles. The number of halogens is 3. The van der Waals surface area contributed by atoms with Crippen molar-refractivity contribution in [2.75, 3.05) is 0 Å². The van der Waals surface area contributed by atoms with Gasteiger partial charge in [0.15, 0.2) is 0 Å². The molecule has 0 saturated carbocycles. The second-order valence-corrected chi connectivity index (χ2v) is 28.1. The highest BCUT2D eigenvalue weighted by Gasteiger charge is 2.25. The van der Waals surface area contributed by atoms with Gasteiger partial charge in [0.2, 0.25) is 0 Å². The largest absolute Gasteiger partial charge is 0.268 e. The van der Waals surface area contributed by atoms with E-state index in [4.69, 9.17) is 15.0 Å². The Kier molecular flexibility index (Phi) is 14.6. The molecule has 0 aliphatic heterocycles. The number of aromatic nitrogens is 6. The molecule has 480 valence electrons. The SMILES string of the molecule is O=c1c2ccc(Br)c3cccc(c32)c2nc3c(-c4ccccc4)cc(-c4ccccc4)cc3n12.O=c1c2cccc3c(Br)ccc(c32)c2nc3c(-c4ccccc4)cc(-c4ccccc4)cc3n12.O=c1c2cccc3c(Br)ccc(c32)c2nc3cc(-c4ccccc4)cc(-c4ccccc4)c3n12. The lowest BCUT2D eigenvalue weighted by Crippen LogP contribution is -2.13. The minimum absolute atomic E-state index is 0.0432. The Morgan fingerprint density at radius 2 is 0.529 bits per heavy atom. The number of rotatable bonds is 6. The Bertz CT molecular complexity index is 6840. The molecule has 0 atom stereocenters. The number of fused-ring (bicyclic) bond motifs is 12. The third-order valence-electron chi connectivity index (χ3n) is 19.8. The lowest BCUT2D eigenvalue weighted by Gasteiger charge is -2.11. The van der Waals surface area contributed by atoms with Crippen molar-refractivity contribution in [1.29, 1.82) is 0 Å². The van der Waals surface area contributed by atoms with Crippen LogP contribution in [-0.2, 0) is 0 Å². The first-order valence-electron chi connectivity index (χ1n) is 33.4. The number of benzene rings is 15. The third kappa shape index (κ3) is 9.76. The lowest BCUT2D eigenvalue weighted by atomic mass is 9.97. The highest BCUT2D eigenvalue weighted by Crippen LogP contribution is 2.43. The van der Waals surface area contributed by atoms with Crippen LogP contribution in [0.15, 0.2) is 337 Å². The predicted molar refractivity (Wildman–Crippen MR) is 431 cm³/mol. The standard InChI is InChI=1S/3C30H17BrN2O/c31-25-15-14-22-27-21(25)12-7-13-23(27)30(34)33-26-17-20(18-8-3-1-4-9-18)16-24(28(26)32-29(22)33)19-10-5-2-6-11-19;31-25-15-14-22-27-21(25)12-7-13-23(27)30(34)33-28-24(19-10-5-2-6-11-19)16-20(17-26(28)32-29(22)33)18-8-3-1-4-9-18;31-25-15-14-23-27-21(25)12-7-13-22(27)29-32-28-24(19-10-5-2-6-11-19)16-20(18-8-3-1-4-9-18)17-26(28)33(29)30(23)34/h3*1-17H. The normalized spacial score (nSPS) is 11.8. The molecular weight excluding hydrogens is 1450 g/mol. The zero-order valence-corrected chi connectivity index (χ0v) is 58.7. The van der Waals surface area contributed by atoms with E-state index in [1.165, 1.54) is 0 Å². The van der Waals surface area contributed by atoms with Gasteiger partial charge in [0, 0.05) is 78.6 Å². The van der Waals surface area contributed by atoms with E-state index in [0.29, 0.717) is 33.1 Å². The van der Waals surface area contributed by atoms with Gasteiger partial charge in [-0.1, -0.05) is 272 Å². The first kappa shape index (κ1) is 61.1. The summed E-state index contributed by atoms with van der Waals surface area (Å²) in [4.78, 5) is 56.9. The summed E-state index contributed by atoms with van der Waals surface area (Å²) in [6, 6.07) is 104. The Labute approximate surface area is 606 Å². The second kappa shape index (κ2) is 24.4. The molecule has 21 rings (SSSR count). The van der Waals surface area contributed by atoms with Crippen LogP contribution in [0.1, 0.15) is 0 Å². The summed E-state index contributed by atoms with van der Waals surface area (Å²) >= 11 is 11.0. The first-order valence-corrected chi connectivity index (χ1v) is 35.8. The first-order chi connectivity index (χ1) is 50.1. The summed E-state index contributed by atoms with van der Waals surface area (Å²) in [5.41, 5.74) is 19.7.